The number of nitrogens with two attached hydrogens (primary N) is 1. The molecule has 74 valence electrons. The highest BCUT2D eigenvalue weighted by Crippen LogP contribution is 2.35. The summed E-state index contributed by atoms with van der Waals surface area (Å²) in [6.07, 6.45) is 9.30. The van der Waals surface area contributed by atoms with Crippen LogP contribution in [0.1, 0.15) is 51.9 Å². The van der Waals surface area contributed by atoms with E-state index in [-0.39, 0.29) is 0 Å². The van der Waals surface area contributed by atoms with Gasteiger partial charge in [0.1, 0.15) is 0 Å². The molecule has 2 fully saturated rings. The molecule has 2 atom stereocenters. The van der Waals surface area contributed by atoms with E-state index in [0.717, 1.165) is 5.92 Å². The number of allylic oxidation sites excluding steroid dienone is 1. The van der Waals surface area contributed by atoms with Gasteiger partial charge >= 0.3 is 0 Å². The van der Waals surface area contributed by atoms with Crippen LogP contribution in [-0.2, 0) is 0 Å². The summed E-state index contributed by atoms with van der Waals surface area (Å²) in [5, 5.41) is 0. The fourth-order valence-electron chi connectivity index (χ4n) is 2.81. The quantitative estimate of drug-likeness (QED) is 0.568. The molecule has 0 aromatic heterocycles. The molecule has 0 aliphatic heterocycles. The lowest BCUT2D eigenvalue weighted by Crippen LogP contribution is -2.14. The molecule has 0 spiro atoms. The van der Waals surface area contributed by atoms with E-state index in [4.69, 9.17) is 5.73 Å². The van der Waals surface area contributed by atoms with Crippen LogP contribution in [0.4, 0.5) is 0 Å². The van der Waals surface area contributed by atoms with E-state index in [9.17, 15) is 0 Å². The molecule has 2 aliphatic rings. The summed E-state index contributed by atoms with van der Waals surface area (Å²) in [6, 6.07) is 0.472. The van der Waals surface area contributed by atoms with Crippen LogP contribution < -0.4 is 5.73 Å². The molecule has 13 heavy (non-hydrogen) atoms. The Kier molecular flexibility index (Phi) is 2.73. The third kappa shape index (κ3) is 2.14. The fraction of sp³-hybridized carbons (Fsp3) is 0.833. The highest BCUT2D eigenvalue weighted by atomic mass is 14.6. The highest BCUT2D eigenvalue weighted by molar-refractivity contribution is 5.20. The average Bonchev–Trinajstić information content (AvgIpc) is 2.52. The van der Waals surface area contributed by atoms with Crippen LogP contribution in [0.3, 0.4) is 0 Å². The first-order valence-corrected chi connectivity index (χ1v) is 5.71. The third-order valence-corrected chi connectivity index (χ3v) is 3.60. The highest BCUT2D eigenvalue weighted by Gasteiger charge is 2.21. The van der Waals surface area contributed by atoms with Crippen LogP contribution in [0.2, 0.25) is 0 Å². The van der Waals surface area contributed by atoms with Gasteiger partial charge in [-0.1, -0.05) is 24.5 Å². The van der Waals surface area contributed by atoms with Crippen LogP contribution >= 0.6 is 0 Å². The van der Waals surface area contributed by atoms with Crippen molar-refractivity contribution >= 4 is 0 Å². The Morgan fingerprint density at radius 1 is 1.08 bits per heavy atom. The van der Waals surface area contributed by atoms with Gasteiger partial charge in [0.15, 0.2) is 0 Å². The molecule has 0 aromatic rings. The second-order valence-corrected chi connectivity index (χ2v) is 4.91. The van der Waals surface area contributed by atoms with Gasteiger partial charge in [0.25, 0.3) is 0 Å². The monoisotopic (exact) mass is 179 g/mol. The largest absolute Gasteiger partial charge is 0.327 e. The molecule has 1 heteroatoms. The zero-order chi connectivity index (χ0) is 9.26. The molecular formula is C12H21N. The van der Waals surface area contributed by atoms with E-state index in [2.05, 4.69) is 6.92 Å². The minimum atomic E-state index is 0.472. The molecule has 2 aliphatic carbocycles. The molecule has 0 aromatic carbocycles. The van der Waals surface area contributed by atoms with Crippen molar-refractivity contribution in [2.45, 2.75) is 57.9 Å². The Bertz CT molecular complexity index is 217. The van der Waals surface area contributed by atoms with Crippen molar-refractivity contribution < 1.29 is 0 Å². The van der Waals surface area contributed by atoms with Gasteiger partial charge in [0.2, 0.25) is 0 Å². The molecule has 2 N–H and O–H groups in total. The van der Waals surface area contributed by atoms with Crippen LogP contribution in [0.25, 0.3) is 0 Å². The summed E-state index contributed by atoms with van der Waals surface area (Å²) in [7, 11) is 0. The van der Waals surface area contributed by atoms with Gasteiger partial charge in [-0.25, -0.2) is 0 Å². The average molecular weight is 179 g/mol. The fourth-order valence-corrected chi connectivity index (χ4v) is 2.81. The molecule has 2 rings (SSSR count). The third-order valence-electron chi connectivity index (χ3n) is 3.60. The Hall–Kier alpha value is -0.300. The molecule has 2 unspecified atom stereocenters. The van der Waals surface area contributed by atoms with E-state index in [1.54, 1.807) is 11.1 Å². The van der Waals surface area contributed by atoms with Crippen molar-refractivity contribution in [3.05, 3.63) is 11.1 Å². The smallest absolute Gasteiger partial charge is 0.00792 e. The van der Waals surface area contributed by atoms with Crippen molar-refractivity contribution in [1.29, 1.82) is 0 Å². The van der Waals surface area contributed by atoms with Gasteiger partial charge in [-0.3, -0.25) is 0 Å². The summed E-state index contributed by atoms with van der Waals surface area (Å²) in [6.45, 7) is 2.38. The van der Waals surface area contributed by atoms with Crippen molar-refractivity contribution in [3.8, 4) is 0 Å². The maximum absolute atomic E-state index is 5.93. The first kappa shape index (κ1) is 9.26. The standard InChI is InChI=1S/C12H21N/c1-9-3-2-4-10(7-9)11-5-6-12(13)8-11/h9,12H,2-8,13H2,1H3. The van der Waals surface area contributed by atoms with Gasteiger partial charge < -0.3 is 5.73 Å². The topological polar surface area (TPSA) is 26.0 Å². The molecule has 1 nitrogen and oxygen atoms in total. The van der Waals surface area contributed by atoms with E-state index in [1.807, 2.05) is 0 Å². The summed E-state index contributed by atoms with van der Waals surface area (Å²) in [4.78, 5) is 0. The lowest BCUT2D eigenvalue weighted by molar-refractivity contribution is 0.448. The second-order valence-electron chi connectivity index (χ2n) is 4.91. The zero-order valence-electron chi connectivity index (χ0n) is 8.68. The number of hydrogen-bond acceptors (Lipinski definition) is 1. The molecule has 0 radical (unpaired) electrons. The Labute approximate surface area is 81.4 Å². The summed E-state index contributed by atoms with van der Waals surface area (Å²) >= 11 is 0. The van der Waals surface area contributed by atoms with Gasteiger partial charge in [-0.05, 0) is 44.4 Å². The van der Waals surface area contributed by atoms with Crippen molar-refractivity contribution in [3.63, 3.8) is 0 Å². The van der Waals surface area contributed by atoms with Crippen LogP contribution in [0.5, 0.6) is 0 Å². The van der Waals surface area contributed by atoms with E-state index >= 15 is 0 Å². The summed E-state index contributed by atoms with van der Waals surface area (Å²) in [5.41, 5.74) is 9.42. The van der Waals surface area contributed by atoms with E-state index < -0.39 is 0 Å². The maximum Gasteiger partial charge on any atom is 0.00792 e. The molecule has 2 saturated carbocycles. The van der Waals surface area contributed by atoms with Gasteiger partial charge in [0, 0.05) is 6.04 Å². The van der Waals surface area contributed by atoms with Crippen molar-refractivity contribution in [2.75, 3.05) is 0 Å². The first-order valence-electron chi connectivity index (χ1n) is 5.71. The Morgan fingerprint density at radius 3 is 2.46 bits per heavy atom. The number of rotatable bonds is 0. The van der Waals surface area contributed by atoms with E-state index in [1.165, 1.54) is 44.9 Å². The predicted molar refractivity (Wildman–Crippen MR) is 56.5 cm³/mol. The minimum absolute atomic E-state index is 0.472. The molecule has 0 bridgehead atoms. The summed E-state index contributed by atoms with van der Waals surface area (Å²) in [5.74, 6) is 0.924. The second kappa shape index (κ2) is 3.83. The van der Waals surface area contributed by atoms with Gasteiger partial charge in [-0.2, -0.15) is 0 Å². The Morgan fingerprint density at radius 2 is 1.85 bits per heavy atom. The van der Waals surface area contributed by atoms with Crippen molar-refractivity contribution in [1.82, 2.24) is 0 Å². The van der Waals surface area contributed by atoms with Crippen LogP contribution in [0.15, 0.2) is 11.1 Å². The molecular weight excluding hydrogens is 158 g/mol. The molecule has 0 heterocycles. The maximum atomic E-state index is 5.93. The predicted octanol–water partition coefficient (Wildman–Crippen LogP) is 3.00. The lowest BCUT2D eigenvalue weighted by atomic mass is 9.84. The number of hydrogen-bond donors (Lipinski definition) is 1. The van der Waals surface area contributed by atoms with Crippen LogP contribution in [0, 0.1) is 5.92 Å². The Balaban J connectivity index is 2.05. The van der Waals surface area contributed by atoms with Crippen LogP contribution in [-0.4, -0.2) is 6.04 Å². The molecule has 0 saturated heterocycles. The van der Waals surface area contributed by atoms with Crippen molar-refractivity contribution in [2.24, 2.45) is 11.7 Å². The zero-order valence-corrected chi connectivity index (χ0v) is 8.68. The van der Waals surface area contributed by atoms with E-state index in [0.29, 0.717) is 6.04 Å². The minimum Gasteiger partial charge on any atom is -0.327 e. The van der Waals surface area contributed by atoms with Gasteiger partial charge in [-0.15, -0.1) is 0 Å². The molecule has 0 amide bonds. The normalized spacial score (nSPS) is 41.1. The summed E-state index contributed by atoms with van der Waals surface area (Å²) < 4.78 is 0. The van der Waals surface area contributed by atoms with Gasteiger partial charge in [0.05, 0.1) is 0 Å². The SMILES string of the molecule is CC1CCCC(=C2CCC(N)C2)C1. The first-order chi connectivity index (χ1) is 6.25. The lowest BCUT2D eigenvalue weighted by Gasteiger charge is -2.22.